The third-order valence-corrected chi connectivity index (χ3v) is 5.87. The van der Waals surface area contributed by atoms with Crippen LogP contribution in [0.1, 0.15) is 38.3 Å². The second-order valence-electron chi connectivity index (χ2n) is 9.22. The van der Waals surface area contributed by atoms with Crippen molar-refractivity contribution in [1.29, 1.82) is 0 Å². The zero-order valence-corrected chi connectivity index (χ0v) is 18.7. The van der Waals surface area contributed by atoms with E-state index in [4.69, 9.17) is 14.2 Å². The Morgan fingerprint density at radius 2 is 1.68 bits per heavy atom. The topological polar surface area (TPSA) is 51.2 Å². The number of nitrogens with zero attached hydrogens (tertiary/aromatic N) is 2. The molecule has 4 rings (SSSR count). The summed E-state index contributed by atoms with van der Waals surface area (Å²) in [5.41, 5.74) is 2.60. The first-order valence-corrected chi connectivity index (χ1v) is 11.0. The second kappa shape index (κ2) is 9.18. The maximum Gasteiger partial charge on any atom is 0.231 e. The summed E-state index contributed by atoms with van der Waals surface area (Å²) in [5.74, 6) is 2.61. The lowest BCUT2D eigenvalue weighted by molar-refractivity contribution is -0.133. The summed E-state index contributed by atoms with van der Waals surface area (Å²) in [6.45, 7) is 11.4. The number of fused-ring (bicyclic) bond motifs is 1. The number of piperazine rings is 1. The van der Waals surface area contributed by atoms with Gasteiger partial charge in [-0.15, -0.1) is 0 Å². The van der Waals surface area contributed by atoms with Gasteiger partial charge in [-0.05, 0) is 40.8 Å². The van der Waals surface area contributed by atoms with Crippen molar-refractivity contribution in [3.63, 3.8) is 0 Å². The third-order valence-electron chi connectivity index (χ3n) is 5.87. The van der Waals surface area contributed by atoms with Crippen LogP contribution in [0.25, 0.3) is 0 Å². The molecule has 0 bridgehead atoms. The summed E-state index contributed by atoms with van der Waals surface area (Å²) < 4.78 is 16.6. The fraction of sp³-hybridized carbons (Fsp3) is 0.480. The molecule has 31 heavy (non-hydrogen) atoms. The molecule has 0 atom stereocenters. The van der Waals surface area contributed by atoms with Crippen molar-refractivity contribution < 1.29 is 19.0 Å². The van der Waals surface area contributed by atoms with Gasteiger partial charge in [0, 0.05) is 32.7 Å². The number of benzene rings is 2. The van der Waals surface area contributed by atoms with Crippen LogP contribution in [0.5, 0.6) is 17.2 Å². The van der Waals surface area contributed by atoms with Crippen LogP contribution in [0, 0.1) is 0 Å². The lowest BCUT2D eigenvalue weighted by atomic mass is 9.87. The van der Waals surface area contributed by atoms with E-state index in [-0.39, 0.29) is 11.3 Å². The number of amides is 1. The highest BCUT2D eigenvalue weighted by Crippen LogP contribution is 2.33. The number of carbonyl (C=O) groups is 1. The average Bonchev–Trinajstić information content (AvgIpc) is 3.22. The SMILES string of the molecule is CC(C)(C)c1ccc(OCCC(=O)N2CCN(Cc3ccc4c(c3)OCO4)CC2)cc1. The Morgan fingerprint density at radius 1 is 0.968 bits per heavy atom. The predicted octanol–water partition coefficient (Wildman–Crippen LogP) is 3.83. The fourth-order valence-electron chi connectivity index (χ4n) is 3.92. The largest absolute Gasteiger partial charge is 0.493 e. The molecule has 1 amide bonds. The number of ether oxygens (including phenoxy) is 3. The number of hydrogen-bond donors (Lipinski definition) is 0. The molecule has 2 aliphatic rings. The van der Waals surface area contributed by atoms with Crippen LogP contribution in [0.3, 0.4) is 0 Å². The molecular weight excluding hydrogens is 392 g/mol. The van der Waals surface area contributed by atoms with E-state index in [0.29, 0.717) is 19.8 Å². The van der Waals surface area contributed by atoms with Crippen LogP contribution in [0.4, 0.5) is 0 Å². The highest BCUT2D eigenvalue weighted by molar-refractivity contribution is 5.76. The molecular formula is C25H32N2O4. The zero-order valence-electron chi connectivity index (χ0n) is 18.7. The fourth-order valence-corrected chi connectivity index (χ4v) is 3.92. The molecule has 0 spiro atoms. The normalized spacial score (nSPS) is 16.4. The highest BCUT2D eigenvalue weighted by atomic mass is 16.7. The molecule has 6 nitrogen and oxygen atoms in total. The van der Waals surface area contributed by atoms with Crippen LogP contribution in [0.15, 0.2) is 42.5 Å². The molecule has 2 aromatic carbocycles. The quantitative estimate of drug-likeness (QED) is 0.706. The highest BCUT2D eigenvalue weighted by Gasteiger charge is 2.22. The van der Waals surface area contributed by atoms with Gasteiger partial charge in [0.25, 0.3) is 0 Å². The van der Waals surface area contributed by atoms with Crippen LogP contribution in [0.2, 0.25) is 0 Å². The zero-order chi connectivity index (χ0) is 21.8. The minimum atomic E-state index is 0.124. The summed E-state index contributed by atoms with van der Waals surface area (Å²) in [6, 6.07) is 14.3. The minimum absolute atomic E-state index is 0.124. The standard InChI is InChI=1S/C25H32N2O4/c1-25(2,3)20-5-7-21(8-6-20)29-15-10-24(28)27-13-11-26(12-14-27)17-19-4-9-22-23(16-19)31-18-30-22/h4-9,16H,10-15,17-18H2,1-3H3. The monoisotopic (exact) mass is 424 g/mol. The molecule has 166 valence electrons. The van der Waals surface area contributed by atoms with E-state index in [2.05, 4.69) is 43.9 Å². The third kappa shape index (κ3) is 5.50. The van der Waals surface area contributed by atoms with Crippen molar-refractivity contribution >= 4 is 5.91 Å². The van der Waals surface area contributed by atoms with Crippen LogP contribution in [-0.4, -0.2) is 55.3 Å². The summed E-state index contributed by atoms with van der Waals surface area (Å²) in [6.07, 6.45) is 0.406. The Morgan fingerprint density at radius 3 is 2.39 bits per heavy atom. The number of rotatable bonds is 6. The van der Waals surface area contributed by atoms with Crippen molar-refractivity contribution in [2.24, 2.45) is 0 Å². The first-order chi connectivity index (χ1) is 14.9. The van der Waals surface area contributed by atoms with Crippen molar-refractivity contribution in [3.8, 4) is 17.2 Å². The number of hydrogen-bond acceptors (Lipinski definition) is 5. The van der Waals surface area contributed by atoms with Crippen LogP contribution in [-0.2, 0) is 16.8 Å². The van der Waals surface area contributed by atoms with Gasteiger partial charge in [0.1, 0.15) is 5.75 Å². The average molecular weight is 425 g/mol. The Hall–Kier alpha value is -2.73. The van der Waals surface area contributed by atoms with Gasteiger partial charge in [0.15, 0.2) is 11.5 Å². The molecule has 2 aliphatic heterocycles. The van der Waals surface area contributed by atoms with Gasteiger partial charge < -0.3 is 19.1 Å². The molecule has 2 heterocycles. The first kappa shape index (κ1) is 21.5. The Kier molecular flexibility index (Phi) is 6.37. The second-order valence-corrected chi connectivity index (χ2v) is 9.22. The van der Waals surface area contributed by atoms with E-state index in [0.717, 1.165) is 50.0 Å². The summed E-state index contributed by atoms with van der Waals surface area (Å²) in [5, 5.41) is 0. The van der Waals surface area contributed by atoms with Crippen LogP contribution >= 0.6 is 0 Å². The molecule has 0 aliphatic carbocycles. The lowest BCUT2D eigenvalue weighted by Gasteiger charge is -2.34. The molecule has 1 fully saturated rings. The number of carbonyl (C=O) groups excluding carboxylic acids is 1. The van der Waals surface area contributed by atoms with Gasteiger partial charge in [-0.1, -0.05) is 39.0 Å². The van der Waals surface area contributed by atoms with Gasteiger partial charge in [0.05, 0.1) is 13.0 Å². The molecule has 0 radical (unpaired) electrons. The maximum absolute atomic E-state index is 12.6. The molecule has 0 saturated carbocycles. The minimum Gasteiger partial charge on any atom is -0.493 e. The Bertz CT molecular complexity index is 897. The van der Waals surface area contributed by atoms with Crippen molar-refractivity contribution in [2.75, 3.05) is 39.6 Å². The van der Waals surface area contributed by atoms with Crippen molar-refractivity contribution in [3.05, 3.63) is 53.6 Å². The van der Waals surface area contributed by atoms with E-state index < -0.39 is 0 Å². The van der Waals surface area contributed by atoms with Gasteiger partial charge in [0.2, 0.25) is 12.7 Å². The van der Waals surface area contributed by atoms with Gasteiger partial charge >= 0.3 is 0 Å². The van der Waals surface area contributed by atoms with Gasteiger partial charge in [-0.2, -0.15) is 0 Å². The summed E-state index contributed by atoms with van der Waals surface area (Å²) in [7, 11) is 0. The molecule has 0 aromatic heterocycles. The molecule has 6 heteroatoms. The Labute approximate surface area is 184 Å². The van der Waals surface area contributed by atoms with E-state index in [9.17, 15) is 4.79 Å². The predicted molar refractivity (Wildman–Crippen MR) is 120 cm³/mol. The van der Waals surface area contributed by atoms with Gasteiger partial charge in [-0.25, -0.2) is 0 Å². The van der Waals surface area contributed by atoms with E-state index in [1.54, 1.807) is 0 Å². The van der Waals surface area contributed by atoms with Crippen molar-refractivity contribution in [1.82, 2.24) is 9.80 Å². The van der Waals surface area contributed by atoms with E-state index >= 15 is 0 Å². The smallest absolute Gasteiger partial charge is 0.231 e. The molecule has 0 unspecified atom stereocenters. The maximum atomic E-state index is 12.6. The van der Waals surface area contributed by atoms with E-state index in [1.807, 2.05) is 29.2 Å². The Balaban J connectivity index is 1.18. The summed E-state index contributed by atoms with van der Waals surface area (Å²) >= 11 is 0. The lowest BCUT2D eigenvalue weighted by Crippen LogP contribution is -2.48. The molecule has 0 N–H and O–H groups in total. The van der Waals surface area contributed by atoms with Crippen LogP contribution < -0.4 is 14.2 Å². The van der Waals surface area contributed by atoms with Gasteiger partial charge in [-0.3, -0.25) is 9.69 Å². The molecule has 1 saturated heterocycles. The summed E-state index contributed by atoms with van der Waals surface area (Å²) in [4.78, 5) is 16.9. The first-order valence-electron chi connectivity index (χ1n) is 11.0. The van der Waals surface area contributed by atoms with E-state index in [1.165, 1.54) is 11.1 Å². The van der Waals surface area contributed by atoms with Crippen molar-refractivity contribution in [2.45, 2.75) is 39.2 Å². The molecule has 2 aromatic rings.